The summed E-state index contributed by atoms with van der Waals surface area (Å²) in [6.45, 7) is 11.6. The predicted octanol–water partition coefficient (Wildman–Crippen LogP) is 4.50. The smallest absolute Gasteiger partial charge is 0.410 e. The Bertz CT molecular complexity index is 1150. The number of nitrogens with zero attached hydrogens (tertiary/aromatic N) is 4. The number of hydrogen-bond acceptors (Lipinski definition) is 5. The molecule has 2 fully saturated rings. The van der Waals surface area contributed by atoms with Crippen LogP contribution in [0.4, 0.5) is 4.79 Å². The molecule has 0 radical (unpaired) electrons. The van der Waals surface area contributed by atoms with E-state index in [1.807, 2.05) is 24.3 Å². The zero-order valence-electron chi connectivity index (χ0n) is 22.6. The molecule has 1 aromatic heterocycles. The summed E-state index contributed by atoms with van der Waals surface area (Å²) >= 11 is 0. The van der Waals surface area contributed by atoms with Gasteiger partial charge in [-0.15, -0.1) is 0 Å². The van der Waals surface area contributed by atoms with Gasteiger partial charge in [-0.25, -0.2) is 9.78 Å². The van der Waals surface area contributed by atoms with Crippen LogP contribution in [0.1, 0.15) is 64.5 Å². The van der Waals surface area contributed by atoms with Crippen LogP contribution in [-0.2, 0) is 16.1 Å². The minimum atomic E-state index is -0.939. The maximum atomic E-state index is 14.0. The maximum absolute atomic E-state index is 14.0. The Morgan fingerprint density at radius 1 is 1.14 bits per heavy atom. The molecule has 1 N–H and O–H groups in total. The number of carboxylic acids is 1. The van der Waals surface area contributed by atoms with E-state index in [2.05, 4.69) is 18.4 Å². The van der Waals surface area contributed by atoms with Crippen molar-refractivity contribution in [2.45, 2.75) is 66.0 Å². The summed E-state index contributed by atoms with van der Waals surface area (Å²) in [7, 11) is 0. The van der Waals surface area contributed by atoms with Crippen molar-refractivity contribution in [1.82, 2.24) is 19.4 Å². The third kappa shape index (κ3) is 6.81. The molecule has 2 amide bonds. The molecule has 37 heavy (non-hydrogen) atoms. The number of carboxylic acid groups (broad SMARTS) is 1. The standard InChI is InChI=1S/C28H40N4O5/c1-18(2)13-30(14-20-12-21(26(34)35)17-31(15-20)27(36)37-28(3,4)5)25(33)24-29-22-8-6-7-9-23(22)32(24)16-19-10-11-19/h6-9,18-21H,10-17H2,1-5H3,(H,34,35)/t20-,21-/m1/s1. The number of carbonyl (C=O) groups excluding carboxylic acids is 2. The lowest BCUT2D eigenvalue weighted by Crippen LogP contribution is -2.51. The highest BCUT2D eigenvalue weighted by molar-refractivity contribution is 5.95. The molecule has 2 heterocycles. The van der Waals surface area contributed by atoms with E-state index in [0.29, 0.717) is 37.8 Å². The summed E-state index contributed by atoms with van der Waals surface area (Å²) in [6.07, 6.45) is 2.20. The highest BCUT2D eigenvalue weighted by Gasteiger charge is 2.38. The summed E-state index contributed by atoms with van der Waals surface area (Å²) in [5.41, 5.74) is 1.08. The number of ether oxygens (including phenoxy) is 1. The first-order chi connectivity index (χ1) is 17.4. The lowest BCUT2D eigenvalue weighted by Gasteiger charge is -2.39. The zero-order valence-corrected chi connectivity index (χ0v) is 22.6. The fourth-order valence-corrected chi connectivity index (χ4v) is 5.11. The summed E-state index contributed by atoms with van der Waals surface area (Å²) in [4.78, 5) is 46.8. The van der Waals surface area contributed by atoms with Crippen molar-refractivity contribution in [2.24, 2.45) is 23.7 Å². The van der Waals surface area contributed by atoms with Crippen LogP contribution >= 0.6 is 0 Å². The van der Waals surface area contributed by atoms with Crippen LogP contribution in [0, 0.1) is 23.7 Å². The van der Waals surface area contributed by atoms with Crippen LogP contribution in [-0.4, -0.2) is 74.2 Å². The van der Waals surface area contributed by atoms with Gasteiger partial charge in [0.25, 0.3) is 5.91 Å². The Kier molecular flexibility index (Phi) is 7.80. The van der Waals surface area contributed by atoms with Crippen molar-refractivity contribution < 1.29 is 24.2 Å². The SMILES string of the molecule is CC(C)CN(C[C@H]1C[C@@H](C(=O)O)CN(C(=O)OC(C)(C)C)C1)C(=O)c1nc2ccccc2n1CC1CC1. The van der Waals surface area contributed by atoms with E-state index in [0.717, 1.165) is 30.4 Å². The van der Waals surface area contributed by atoms with Crippen LogP contribution in [0.5, 0.6) is 0 Å². The number of piperidine rings is 1. The summed E-state index contributed by atoms with van der Waals surface area (Å²) < 4.78 is 7.58. The molecule has 1 aliphatic carbocycles. The van der Waals surface area contributed by atoms with Crippen molar-refractivity contribution in [1.29, 1.82) is 0 Å². The van der Waals surface area contributed by atoms with Gasteiger partial charge in [-0.2, -0.15) is 0 Å². The number of benzene rings is 1. The molecule has 0 bridgehead atoms. The molecule has 1 aliphatic heterocycles. The van der Waals surface area contributed by atoms with Gasteiger partial charge in [-0.1, -0.05) is 26.0 Å². The van der Waals surface area contributed by atoms with Gasteiger partial charge in [0.2, 0.25) is 0 Å². The molecule has 0 unspecified atom stereocenters. The summed E-state index contributed by atoms with van der Waals surface area (Å²) in [6, 6.07) is 7.83. The van der Waals surface area contributed by atoms with Crippen molar-refractivity contribution in [3.63, 3.8) is 0 Å². The van der Waals surface area contributed by atoms with Gasteiger partial charge in [-0.05, 0) is 69.9 Å². The molecule has 202 valence electrons. The largest absolute Gasteiger partial charge is 0.481 e. The second-order valence-corrected chi connectivity index (χ2v) is 12.1. The predicted molar refractivity (Wildman–Crippen MR) is 140 cm³/mol. The Hall–Kier alpha value is -3.10. The van der Waals surface area contributed by atoms with Crippen LogP contribution in [0.2, 0.25) is 0 Å². The zero-order chi connectivity index (χ0) is 26.9. The van der Waals surface area contributed by atoms with E-state index in [9.17, 15) is 19.5 Å². The fraction of sp³-hybridized carbons (Fsp3) is 0.643. The first kappa shape index (κ1) is 26.9. The van der Waals surface area contributed by atoms with Gasteiger partial charge in [0.05, 0.1) is 17.0 Å². The highest BCUT2D eigenvalue weighted by atomic mass is 16.6. The van der Waals surface area contributed by atoms with Gasteiger partial charge in [0.15, 0.2) is 5.82 Å². The maximum Gasteiger partial charge on any atom is 0.410 e. The Labute approximate surface area is 218 Å². The number of imidazole rings is 1. The fourth-order valence-electron chi connectivity index (χ4n) is 5.11. The molecular weight excluding hydrogens is 472 g/mol. The average molecular weight is 513 g/mol. The third-order valence-corrected chi connectivity index (χ3v) is 6.87. The molecule has 0 spiro atoms. The van der Waals surface area contributed by atoms with E-state index in [1.54, 1.807) is 25.7 Å². The lowest BCUT2D eigenvalue weighted by atomic mass is 9.88. The van der Waals surface area contributed by atoms with Gasteiger partial charge >= 0.3 is 12.1 Å². The van der Waals surface area contributed by atoms with Crippen molar-refractivity contribution in [3.05, 3.63) is 30.1 Å². The van der Waals surface area contributed by atoms with E-state index in [1.165, 1.54) is 4.90 Å². The monoisotopic (exact) mass is 512 g/mol. The molecule has 2 aliphatic rings. The molecular formula is C28H40N4O5. The number of carbonyl (C=O) groups is 3. The van der Waals surface area contributed by atoms with E-state index < -0.39 is 23.6 Å². The molecule has 9 heteroatoms. The third-order valence-electron chi connectivity index (χ3n) is 6.87. The van der Waals surface area contributed by atoms with Crippen LogP contribution < -0.4 is 0 Å². The lowest BCUT2D eigenvalue weighted by molar-refractivity contribution is -0.144. The quantitative estimate of drug-likeness (QED) is 0.558. The number of amides is 2. The van der Waals surface area contributed by atoms with Gasteiger partial charge in [0.1, 0.15) is 5.60 Å². The Balaban J connectivity index is 1.59. The number of rotatable bonds is 8. The van der Waals surface area contributed by atoms with E-state index >= 15 is 0 Å². The molecule has 2 aromatic rings. The molecule has 1 aromatic carbocycles. The molecule has 1 saturated heterocycles. The van der Waals surface area contributed by atoms with Crippen LogP contribution in [0.25, 0.3) is 11.0 Å². The van der Waals surface area contributed by atoms with E-state index in [-0.39, 0.29) is 24.3 Å². The number of aromatic nitrogens is 2. The second kappa shape index (κ2) is 10.7. The minimum Gasteiger partial charge on any atom is -0.481 e. The summed E-state index contributed by atoms with van der Waals surface area (Å²) in [5.74, 6) is -0.764. The number of fused-ring (bicyclic) bond motifs is 1. The molecule has 4 rings (SSSR count). The average Bonchev–Trinajstić information content (AvgIpc) is 3.56. The van der Waals surface area contributed by atoms with Crippen molar-refractivity contribution in [2.75, 3.05) is 26.2 Å². The first-order valence-electron chi connectivity index (χ1n) is 13.4. The Morgan fingerprint density at radius 3 is 2.46 bits per heavy atom. The second-order valence-electron chi connectivity index (χ2n) is 12.1. The molecule has 2 atom stereocenters. The number of para-hydroxylation sites is 2. The number of aliphatic carboxylic acids is 1. The first-order valence-corrected chi connectivity index (χ1v) is 13.4. The minimum absolute atomic E-state index is 0.107. The number of hydrogen-bond donors (Lipinski definition) is 1. The topological polar surface area (TPSA) is 105 Å². The van der Waals surface area contributed by atoms with Gasteiger partial charge < -0.3 is 24.2 Å². The number of likely N-dealkylation sites (tertiary alicyclic amines) is 1. The van der Waals surface area contributed by atoms with E-state index in [4.69, 9.17) is 9.72 Å². The van der Waals surface area contributed by atoms with Crippen molar-refractivity contribution in [3.8, 4) is 0 Å². The van der Waals surface area contributed by atoms with Crippen LogP contribution in [0.15, 0.2) is 24.3 Å². The summed E-state index contributed by atoms with van der Waals surface area (Å²) in [5, 5.41) is 9.79. The normalized spacial score (nSPS) is 20.3. The Morgan fingerprint density at radius 2 is 1.84 bits per heavy atom. The van der Waals surface area contributed by atoms with Gasteiger partial charge in [-0.3, -0.25) is 9.59 Å². The van der Waals surface area contributed by atoms with Crippen molar-refractivity contribution >= 4 is 29.0 Å². The highest BCUT2D eigenvalue weighted by Crippen LogP contribution is 2.33. The van der Waals surface area contributed by atoms with Crippen LogP contribution in [0.3, 0.4) is 0 Å². The molecule has 9 nitrogen and oxygen atoms in total. The molecule has 1 saturated carbocycles. The van der Waals surface area contributed by atoms with Gasteiger partial charge in [0, 0.05) is 32.7 Å².